The van der Waals surface area contributed by atoms with Gasteiger partial charge in [0.05, 0.1) is 0 Å². The molecule has 0 aromatic heterocycles. The first-order valence-electron chi connectivity index (χ1n) is 5.97. The number of benzene rings is 1. The van der Waals surface area contributed by atoms with E-state index in [4.69, 9.17) is 0 Å². The van der Waals surface area contributed by atoms with E-state index in [1.54, 1.807) is 0 Å². The van der Waals surface area contributed by atoms with Crippen molar-refractivity contribution in [3.8, 4) is 0 Å². The average Bonchev–Trinajstić information content (AvgIpc) is 2.16. The van der Waals surface area contributed by atoms with Crippen LogP contribution >= 0.6 is 0 Å². The van der Waals surface area contributed by atoms with Crippen molar-refractivity contribution < 1.29 is 0 Å². The molecule has 82 valence electrons. The smallest absolute Gasteiger partial charge is 0.0332 e. The zero-order valence-electron chi connectivity index (χ0n) is 10.0. The molecule has 1 heterocycles. The van der Waals surface area contributed by atoms with Gasteiger partial charge in [0.25, 0.3) is 0 Å². The lowest BCUT2D eigenvalue weighted by molar-refractivity contribution is 0.382. The van der Waals surface area contributed by atoms with Crippen LogP contribution in [-0.4, -0.2) is 6.54 Å². The molecule has 1 aliphatic heterocycles. The Morgan fingerprint density at radius 3 is 2.67 bits per heavy atom. The molecule has 1 nitrogen and oxygen atoms in total. The number of nitrogens with one attached hydrogen (secondary N) is 1. The van der Waals surface area contributed by atoms with E-state index in [0.29, 0.717) is 11.5 Å². The number of hydrogen-bond donors (Lipinski definition) is 1. The van der Waals surface area contributed by atoms with Gasteiger partial charge in [-0.3, -0.25) is 0 Å². The van der Waals surface area contributed by atoms with Gasteiger partial charge in [0.2, 0.25) is 0 Å². The summed E-state index contributed by atoms with van der Waals surface area (Å²) in [6.45, 7) is 8.07. The minimum Gasteiger partial charge on any atom is -0.310 e. The van der Waals surface area contributed by atoms with Crippen LogP contribution in [0.1, 0.15) is 50.8 Å². The molecule has 1 unspecified atom stereocenters. The Bertz CT molecular complexity index is 337. The molecular weight excluding hydrogens is 182 g/mol. The summed E-state index contributed by atoms with van der Waals surface area (Å²) in [5.74, 6) is 0. The third kappa shape index (κ3) is 2.07. The Morgan fingerprint density at radius 1 is 1.40 bits per heavy atom. The quantitative estimate of drug-likeness (QED) is 0.794. The first kappa shape index (κ1) is 10.7. The molecule has 1 heteroatoms. The standard InChI is InChI=1S/C14H21N/c1-4-14(2,3)12-7-5-6-11(10-12)13-8-9-15-13/h5-7,10,13,15H,4,8-9H2,1-3H3. The van der Waals surface area contributed by atoms with Crippen molar-refractivity contribution >= 4 is 0 Å². The van der Waals surface area contributed by atoms with Crippen LogP contribution in [0.5, 0.6) is 0 Å². The molecule has 15 heavy (non-hydrogen) atoms. The summed E-state index contributed by atoms with van der Waals surface area (Å²) in [5.41, 5.74) is 3.23. The minimum absolute atomic E-state index is 0.305. The lowest BCUT2D eigenvalue weighted by atomic mass is 9.80. The summed E-state index contributed by atoms with van der Waals surface area (Å²) >= 11 is 0. The monoisotopic (exact) mass is 203 g/mol. The summed E-state index contributed by atoms with van der Waals surface area (Å²) in [6.07, 6.45) is 2.48. The fraction of sp³-hybridized carbons (Fsp3) is 0.571. The normalized spacial score (nSPS) is 21.1. The van der Waals surface area contributed by atoms with Crippen molar-refractivity contribution in [1.29, 1.82) is 0 Å². The summed E-state index contributed by atoms with van der Waals surface area (Å²) in [6, 6.07) is 9.68. The predicted molar refractivity (Wildman–Crippen MR) is 65.1 cm³/mol. The Kier molecular flexibility index (Phi) is 2.83. The van der Waals surface area contributed by atoms with Crippen molar-refractivity contribution in [2.75, 3.05) is 6.54 Å². The number of rotatable bonds is 3. The van der Waals surface area contributed by atoms with Gasteiger partial charge in [-0.05, 0) is 35.9 Å². The van der Waals surface area contributed by atoms with Gasteiger partial charge in [0, 0.05) is 6.04 Å². The lowest BCUT2D eigenvalue weighted by Gasteiger charge is -2.30. The highest BCUT2D eigenvalue weighted by Crippen LogP contribution is 2.30. The van der Waals surface area contributed by atoms with E-state index in [0.717, 1.165) is 0 Å². The van der Waals surface area contributed by atoms with Crippen LogP contribution in [0.25, 0.3) is 0 Å². The lowest BCUT2D eigenvalue weighted by Crippen LogP contribution is -2.35. The molecular formula is C14H21N. The second-order valence-electron chi connectivity index (χ2n) is 5.16. The van der Waals surface area contributed by atoms with Gasteiger partial charge in [-0.2, -0.15) is 0 Å². The Balaban J connectivity index is 2.25. The van der Waals surface area contributed by atoms with Crippen LogP contribution in [0.15, 0.2) is 24.3 Å². The fourth-order valence-corrected chi connectivity index (χ4v) is 1.95. The molecule has 1 aliphatic rings. The first-order chi connectivity index (χ1) is 7.13. The molecule has 0 amide bonds. The molecule has 2 rings (SSSR count). The van der Waals surface area contributed by atoms with E-state index in [2.05, 4.69) is 50.4 Å². The van der Waals surface area contributed by atoms with Gasteiger partial charge in [-0.15, -0.1) is 0 Å². The van der Waals surface area contributed by atoms with Gasteiger partial charge in [-0.1, -0.05) is 45.0 Å². The Labute approximate surface area is 92.9 Å². The second kappa shape index (κ2) is 3.97. The van der Waals surface area contributed by atoms with Crippen molar-refractivity contribution in [1.82, 2.24) is 5.32 Å². The first-order valence-corrected chi connectivity index (χ1v) is 5.97. The van der Waals surface area contributed by atoms with Crippen LogP contribution in [0.4, 0.5) is 0 Å². The van der Waals surface area contributed by atoms with E-state index < -0.39 is 0 Å². The van der Waals surface area contributed by atoms with Gasteiger partial charge in [-0.25, -0.2) is 0 Å². The molecule has 0 radical (unpaired) electrons. The van der Waals surface area contributed by atoms with Crippen LogP contribution < -0.4 is 5.32 Å². The van der Waals surface area contributed by atoms with E-state index in [-0.39, 0.29) is 0 Å². The number of hydrogen-bond acceptors (Lipinski definition) is 1. The van der Waals surface area contributed by atoms with Crippen molar-refractivity contribution in [3.63, 3.8) is 0 Å². The average molecular weight is 203 g/mol. The minimum atomic E-state index is 0.305. The van der Waals surface area contributed by atoms with Crippen LogP contribution in [0.3, 0.4) is 0 Å². The molecule has 0 spiro atoms. The SMILES string of the molecule is CCC(C)(C)c1cccc(C2CCN2)c1. The highest BCUT2D eigenvalue weighted by Gasteiger charge is 2.22. The maximum atomic E-state index is 3.46. The molecule has 1 N–H and O–H groups in total. The molecule has 1 aromatic carbocycles. The molecule has 0 bridgehead atoms. The van der Waals surface area contributed by atoms with Gasteiger partial charge in [0.1, 0.15) is 0 Å². The molecule has 1 atom stereocenters. The van der Waals surface area contributed by atoms with Crippen LogP contribution in [0.2, 0.25) is 0 Å². The predicted octanol–water partition coefficient (Wildman–Crippen LogP) is 3.41. The molecule has 1 aromatic rings. The zero-order chi connectivity index (χ0) is 10.9. The van der Waals surface area contributed by atoms with Gasteiger partial charge < -0.3 is 5.32 Å². The Hall–Kier alpha value is -0.820. The van der Waals surface area contributed by atoms with Crippen LogP contribution in [0, 0.1) is 0 Å². The van der Waals surface area contributed by atoms with E-state index in [1.807, 2.05) is 0 Å². The fourth-order valence-electron chi connectivity index (χ4n) is 1.95. The second-order valence-corrected chi connectivity index (χ2v) is 5.16. The summed E-state index contributed by atoms with van der Waals surface area (Å²) in [5, 5.41) is 3.46. The molecule has 1 fully saturated rings. The maximum absolute atomic E-state index is 3.46. The van der Waals surface area contributed by atoms with E-state index in [1.165, 1.54) is 30.5 Å². The van der Waals surface area contributed by atoms with Crippen molar-refractivity contribution in [2.24, 2.45) is 0 Å². The summed E-state index contributed by atoms with van der Waals surface area (Å²) in [4.78, 5) is 0. The van der Waals surface area contributed by atoms with E-state index >= 15 is 0 Å². The summed E-state index contributed by atoms with van der Waals surface area (Å²) in [7, 11) is 0. The highest BCUT2D eigenvalue weighted by atomic mass is 15.0. The topological polar surface area (TPSA) is 12.0 Å². The zero-order valence-corrected chi connectivity index (χ0v) is 10.0. The van der Waals surface area contributed by atoms with E-state index in [9.17, 15) is 0 Å². The van der Waals surface area contributed by atoms with Crippen molar-refractivity contribution in [3.05, 3.63) is 35.4 Å². The third-order valence-electron chi connectivity index (χ3n) is 3.78. The summed E-state index contributed by atoms with van der Waals surface area (Å²) < 4.78 is 0. The van der Waals surface area contributed by atoms with Gasteiger partial charge >= 0.3 is 0 Å². The van der Waals surface area contributed by atoms with Crippen molar-refractivity contribution in [2.45, 2.75) is 45.1 Å². The van der Waals surface area contributed by atoms with Gasteiger partial charge in [0.15, 0.2) is 0 Å². The third-order valence-corrected chi connectivity index (χ3v) is 3.78. The van der Waals surface area contributed by atoms with Crippen LogP contribution in [-0.2, 0) is 5.41 Å². The largest absolute Gasteiger partial charge is 0.310 e. The highest BCUT2D eigenvalue weighted by molar-refractivity contribution is 5.31. The molecule has 0 saturated carbocycles. The maximum Gasteiger partial charge on any atom is 0.0332 e. The Morgan fingerprint density at radius 2 is 2.13 bits per heavy atom. The molecule has 1 saturated heterocycles. The molecule has 0 aliphatic carbocycles.